The van der Waals surface area contributed by atoms with Gasteiger partial charge >= 0.3 is 0 Å². The molecule has 1 N–H and O–H groups in total. The molecule has 0 radical (unpaired) electrons. The van der Waals surface area contributed by atoms with E-state index in [9.17, 15) is 0 Å². The van der Waals surface area contributed by atoms with Crippen molar-refractivity contribution in [2.75, 3.05) is 7.05 Å². The van der Waals surface area contributed by atoms with Crippen molar-refractivity contribution in [2.45, 2.75) is 52.1 Å². The molecule has 0 aliphatic rings. The number of hydrogen-bond acceptors (Lipinski definition) is 3. The van der Waals surface area contributed by atoms with Crippen LogP contribution in [0.5, 0.6) is 0 Å². The van der Waals surface area contributed by atoms with Gasteiger partial charge in [-0.2, -0.15) is 10.2 Å². The number of rotatable bonds is 7. The molecule has 5 heteroatoms. The summed E-state index contributed by atoms with van der Waals surface area (Å²) in [5.41, 5.74) is 3.47. The van der Waals surface area contributed by atoms with Crippen molar-refractivity contribution in [1.29, 1.82) is 0 Å². The minimum Gasteiger partial charge on any atom is -0.311 e. The van der Waals surface area contributed by atoms with Gasteiger partial charge in [0.2, 0.25) is 0 Å². The van der Waals surface area contributed by atoms with Crippen LogP contribution in [0.25, 0.3) is 0 Å². The van der Waals surface area contributed by atoms with Gasteiger partial charge in [0.1, 0.15) is 0 Å². The van der Waals surface area contributed by atoms with E-state index < -0.39 is 0 Å². The first-order valence-electron chi connectivity index (χ1n) is 7.83. The molecule has 2 rings (SSSR count). The van der Waals surface area contributed by atoms with Crippen molar-refractivity contribution in [3.8, 4) is 0 Å². The smallest absolute Gasteiger partial charge is 0.0644 e. The predicted molar refractivity (Wildman–Crippen MR) is 85.3 cm³/mol. The molecular weight excluding hydrogens is 262 g/mol. The highest BCUT2D eigenvalue weighted by atomic mass is 15.3. The summed E-state index contributed by atoms with van der Waals surface area (Å²) in [6.45, 7) is 6.51. The molecule has 0 amide bonds. The maximum absolute atomic E-state index is 4.70. The summed E-state index contributed by atoms with van der Waals surface area (Å²) < 4.78 is 4.04. The third kappa shape index (κ3) is 3.53. The van der Waals surface area contributed by atoms with Gasteiger partial charge < -0.3 is 5.32 Å². The molecule has 2 unspecified atom stereocenters. The van der Waals surface area contributed by atoms with Gasteiger partial charge in [-0.3, -0.25) is 9.36 Å². The molecule has 0 aliphatic carbocycles. The van der Waals surface area contributed by atoms with Crippen LogP contribution < -0.4 is 5.32 Å². The number of hydrogen-bond donors (Lipinski definition) is 1. The van der Waals surface area contributed by atoms with E-state index in [0.29, 0.717) is 6.04 Å². The Hall–Kier alpha value is -1.62. The summed E-state index contributed by atoms with van der Waals surface area (Å²) in [6, 6.07) is 5.00. The summed E-state index contributed by atoms with van der Waals surface area (Å²) in [5.74, 6) is 0. The summed E-state index contributed by atoms with van der Waals surface area (Å²) in [6.07, 6.45) is 5.02. The van der Waals surface area contributed by atoms with Gasteiger partial charge in [-0.25, -0.2) is 0 Å². The van der Waals surface area contributed by atoms with Crippen LogP contribution in [0, 0.1) is 0 Å². The summed E-state index contributed by atoms with van der Waals surface area (Å²) >= 11 is 0. The average Bonchev–Trinajstić information content (AvgIpc) is 3.10. The summed E-state index contributed by atoms with van der Waals surface area (Å²) in [5, 5.41) is 12.6. The normalized spacial score (nSPS) is 14.3. The first-order valence-corrected chi connectivity index (χ1v) is 7.83. The van der Waals surface area contributed by atoms with Crippen LogP contribution in [0.15, 0.2) is 18.3 Å². The zero-order chi connectivity index (χ0) is 15.4. The molecule has 2 aromatic rings. The molecule has 0 aliphatic heterocycles. The van der Waals surface area contributed by atoms with Crippen molar-refractivity contribution >= 4 is 0 Å². The highest BCUT2D eigenvalue weighted by Gasteiger charge is 2.17. The molecule has 0 bridgehead atoms. The Bertz CT molecular complexity index is 569. The van der Waals surface area contributed by atoms with Gasteiger partial charge in [0, 0.05) is 25.7 Å². The lowest BCUT2D eigenvalue weighted by atomic mass is 10.1. The van der Waals surface area contributed by atoms with Crippen LogP contribution in [0.4, 0.5) is 0 Å². The molecule has 5 nitrogen and oxygen atoms in total. The van der Waals surface area contributed by atoms with Gasteiger partial charge in [0.05, 0.1) is 23.1 Å². The SMILES string of the molecule is CCc1cc(C(Cc2ccn(C(C)CC)n2)NC)n(C)n1. The van der Waals surface area contributed by atoms with Gasteiger partial charge in [-0.05, 0) is 38.9 Å². The maximum atomic E-state index is 4.70. The van der Waals surface area contributed by atoms with Crippen LogP contribution >= 0.6 is 0 Å². The third-order valence-electron chi connectivity index (χ3n) is 4.15. The largest absolute Gasteiger partial charge is 0.311 e. The van der Waals surface area contributed by atoms with E-state index in [2.05, 4.69) is 54.2 Å². The lowest BCUT2D eigenvalue weighted by Gasteiger charge is -2.15. The topological polar surface area (TPSA) is 47.7 Å². The molecule has 2 heterocycles. The zero-order valence-corrected chi connectivity index (χ0v) is 13.8. The van der Waals surface area contributed by atoms with E-state index in [1.54, 1.807) is 0 Å². The number of aryl methyl sites for hydroxylation is 2. The second kappa shape index (κ2) is 6.89. The Morgan fingerprint density at radius 3 is 2.57 bits per heavy atom. The number of nitrogens with one attached hydrogen (secondary N) is 1. The minimum atomic E-state index is 0.239. The Labute approximate surface area is 127 Å². The quantitative estimate of drug-likeness (QED) is 0.852. The lowest BCUT2D eigenvalue weighted by Crippen LogP contribution is -2.22. The van der Waals surface area contributed by atoms with Crippen molar-refractivity contribution in [3.63, 3.8) is 0 Å². The standard InChI is InChI=1S/C16H27N5/c1-6-12(3)21-9-8-14(19-21)10-15(17-4)16-11-13(7-2)18-20(16)5/h8-9,11-12,15,17H,6-7,10H2,1-5H3. The van der Waals surface area contributed by atoms with Crippen molar-refractivity contribution in [2.24, 2.45) is 7.05 Å². The highest BCUT2D eigenvalue weighted by molar-refractivity contribution is 5.17. The van der Waals surface area contributed by atoms with Crippen LogP contribution in [-0.4, -0.2) is 26.6 Å². The van der Waals surface area contributed by atoms with E-state index in [0.717, 1.165) is 30.7 Å². The lowest BCUT2D eigenvalue weighted by molar-refractivity contribution is 0.466. The van der Waals surface area contributed by atoms with Crippen molar-refractivity contribution in [3.05, 3.63) is 35.4 Å². The van der Waals surface area contributed by atoms with E-state index in [1.807, 2.05) is 18.8 Å². The highest BCUT2D eigenvalue weighted by Crippen LogP contribution is 2.19. The van der Waals surface area contributed by atoms with Crippen LogP contribution in [0.3, 0.4) is 0 Å². The molecule has 0 fully saturated rings. The maximum Gasteiger partial charge on any atom is 0.0644 e. The van der Waals surface area contributed by atoms with Crippen LogP contribution in [0.2, 0.25) is 0 Å². The number of nitrogens with zero attached hydrogens (tertiary/aromatic N) is 4. The fourth-order valence-electron chi connectivity index (χ4n) is 2.52. The Balaban J connectivity index is 2.15. The molecular formula is C16H27N5. The molecule has 0 saturated heterocycles. The second-order valence-electron chi connectivity index (χ2n) is 5.63. The Kier molecular flexibility index (Phi) is 5.17. The predicted octanol–water partition coefficient (Wildman–Crippen LogP) is 2.65. The monoisotopic (exact) mass is 289 g/mol. The molecule has 2 atom stereocenters. The number of aromatic nitrogens is 4. The van der Waals surface area contributed by atoms with E-state index in [1.165, 1.54) is 5.69 Å². The molecule has 0 aromatic carbocycles. The minimum absolute atomic E-state index is 0.239. The first-order chi connectivity index (χ1) is 10.1. The fourth-order valence-corrected chi connectivity index (χ4v) is 2.52. The molecule has 21 heavy (non-hydrogen) atoms. The summed E-state index contributed by atoms with van der Waals surface area (Å²) in [4.78, 5) is 0. The van der Waals surface area contributed by atoms with Crippen molar-refractivity contribution < 1.29 is 0 Å². The van der Waals surface area contributed by atoms with Gasteiger partial charge in [0.25, 0.3) is 0 Å². The van der Waals surface area contributed by atoms with Gasteiger partial charge in [-0.1, -0.05) is 13.8 Å². The van der Waals surface area contributed by atoms with E-state index in [-0.39, 0.29) is 6.04 Å². The van der Waals surface area contributed by atoms with E-state index in [4.69, 9.17) is 5.10 Å². The summed E-state index contributed by atoms with van der Waals surface area (Å²) in [7, 11) is 4.01. The molecule has 0 saturated carbocycles. The van der Waals surface area contributed by atoms with E-state index >= 15 is 0 Å². The molecule has 0 spiro atoms. The van der Waals surface area contributed by atoms with Crippen LogP contribution in [0.1, 0.15) is 56.4 Å². The molecule has 116 valence electrons. The Morgan fingerprint density at radius 2 is 2.00 bits per heavy atom. The van der Waals surface area contributed by atoms with Crippen LogP contribution in [-0.2, 0) is 19.9 Å². The second-order valence-corrected chi connectivity index (χ2v) is 5.63. The van der Waals surface area contributed by atoms with Gasteiger partial charge in [0.15, 0.2) is 0 Å². The fraction of sp³-hybridized carbons (Fsp3) is 0.625. The third-order valence-corrected chi connectivity index (χ3v) is 4.15. The molecule has 2 aromatic heterocycles. The average molecular weight is 289 g/mol. The van der Waals surface area contributed by atoms with Gasteiger partial charge in [-0.15, -0.1) is 0 Å². The Morgan fingerprint density at radius 1 is 1.24 bits per heavy atom. The first kappa shape index (κ1) is 15.8. The number of likely N-dealkylation sites (N-methyl/N-ethyl adjacent to an activating group) is 1. The zero-order valence-electron chi connectivity index (χ0n) is 13.8. The van der Waals surface area contributed by atoms with Crippen molar-refractivity contribution in [1.82, 2.24) is 24.9 Å².